The number of carboxylic acids is 1. The van der Waals surface area contributed by atoms with Crippen molar-refractivity contribution in [3.63, 3.8) is 0 Å². The molecule has 2 aliphatic rings. The maximum absolute atomic E-state index is 10.8. The molecule has 6 nitrogen and oxygen atoms in total. The molecule has 1 aromatic heterocycles. The third-order valence-electron chi connectivity index (χ3n) is 3.84. The summed E-state index contributed by atoms with van der Waals surface area (Å²) in [6, 6.07) is 0. The Hall–Kier alpha value is -1.43. The highest BCUT2D eigenvalue weighted by atomic mass is 16.5. The lowest BCUT2D eigenvalue weighted by Gasteiger charge is -2.30. The van der Waals surface area contributed by atoms with E-state index in [1.54, 1.807) is 0 Å². The Balaban J connectivity index is 1.54. The number of carbonyl (C=O) groups is 1. The predicted octanol–water partition coefficient (Wildman–Crippen LogP) is 1.63. The quantitative estimate of drug-likeness (QED) is 0.871. The van der Waals surface area contributed by atoms with Gasteiger partial charge in [0.2, 0.25) is 5.89 Å². The van der Waals surface area contributed by atoms with E-state index in [0.717, 1.165) is 50.5 Å². The van der Waals surface area contributed by atoms with Crippen molar-refractivity contribution in [1.82, 2.24) is 15.0 Å². The van der Waals surface area contributed by atoms with Gasteiger partial charge in [-0.25, -0.2) is 0 Å². The summed E-state index contributed by atoms with van der Waals surface area (Å²) in [5.41, 5.74) is 0. The van der Waals surface area contributed by atoms with Crippen molar-refractivity contribution < 1.29 is 14.4 Å². The molecule has 3 rings (SSSR count). The van der Waals surface area contributed by atoms with E-state index in [4.69, 9.17) is 9.63 Å². The van der Waals surface area contributed by atoms with Gasteiger partial charge >= 0.3 is 5.97 Å². The Bertz CT molecular complexity index is 456. The Labute approximate surface area is 111 Å². The van der Waals surface area contributed by atoms with Gasteiger partial charge in [0.25, 0.3) is 0 Å². The van der Waals surface area contributed by atoms with E-state index in [-0.39, 0.29) is 12.3 Å². The molecule has 0 amide bonds. The minimum absolute atomic E-state index is 0.251. The van der Waals surface area contributed by atoms with Crippen LogP contribution in [0.2, 0.25) is 0 Å². The molecule has 6 heteroatoms. The Kier molecular flexibility index (Phi) is 3.50. The lowest BCUT2D eigenvalue weighted by Crippen LogP contribution is -2.36. The zero-order valence-corrected chi connectivity index (χ0v) is 10.9. The largest absolute Gasteiger partial charge is 0.481 e. The molecule has 1 aliphatic heterocycles. The fraction of sp³-hybridized carbons (Fsp3) is 0.769. The molecule has 1 aliphatic carbocycles. The molecule has 104 valence electrons. The zero-order valence-electron chi connectivity index (χ0n) is 10.9. The van der Waals surface area contributed by atoms with E-state index in [0.29, 0.717) is 12.5 Å². The zero-order chi connectivity index (χ0) is 13.2. The van der Waals surface area contributed by atoms with Crippen molar-refractivity contribution in [2.75, 3.05) is 13.1 Å². The molecule has 1 aromatic rings. The highest BCUT2D eigenvalue weighted by molar-refractivity contribution is 5.67. The number of hydrogen-bond donors (Lipinski definition) is 1. The lowest BCUT2D eigenvalue weighted by molar-refractivity contribution is -0.138. The first kappa shape index (κ1) is 12.6. The van der Waals surface area contributed by atoms with E-state index in [9.17, 15) is 4.79 Å². The van der Waals surface area contributed by atoms with Gasteiger partial charge in [0.1, 0.15) is 0 Å². The van der Waals surface area contributed by atoms with Crippen molar-refractivity contribution in [2.45, 2.75) is 44.6 Å². The first-order chi connectivity index (χ1) is 9.20. The molecule has 1 N–H and O–H groups in total. The van der Waals surface area contributed by atoms with Crippen molar-refractivity contribution >= 4 is 5.97 Å². The Morgan fingerprint density at radius 2 is 2.26 bits per heavy atom. The highest BCUT2D eigenvalue weighted by Gasteiger charge is 2.30. The van der Waals surface area contributed by atoms with Crippen LogP contribution in [0.15, 0.2) is 4.52 Å². The smallest absolute Gasteiger partial charge is 0.303 e. The van der Waals surface area contributed by atoms with Crippen molar-refractivity contribution in [2.24, 2.45) is 5.92 Å². The molecule has 1 saturated carbocycles. The SMILES string of the molecule is O=C(O)CC1CCCN(Cc2noc(C3CC3)n2)C1. The molecular formula is C13H19N3O3. The number of aliphatic carboxylic acids is 1. The summed E-state index contributed by atoms with van der Waals surface area (Å²) in [4.78, 5) is 17.4. The maximum atomic E-state index is 10.8. The van der Waals surface area contributed by atoms with Gasteiger partial charge in [0.15, 0.2) is 5.82 Å². The second-order valence-corrected chi connectivity index (χ2v) is 5.66. The number of rotatable bonds is 5. The van der Waals surface area contributed by atoms with E-state index < -0.39 is 5.97 Å². The first-order valence-corrected chi connectivity index (χ1v) is 6.97. The van der Waals surface area contributed by atoms with Gasteiger partial charge in [0.05, 0.1) is 6.54 Å². The van der Waals surface area contributed by atoms with Crippen LogP contribution >= 0.6 is 0 Å². The minimum Gasteiger partial charge on any atom is -0.481 e. The number of nitrogens with zero attached hydrogens (tertiary/aromatic N) is 3. The molecule has 19 heavy (non-hydrogen) atoms. The van der Waals surface area contributed by atoms with Gasteiger partial charge in [-0.15, -0.1) is 0 Å². The number of aromatic nitrogens is 2. The molecule has 0 aromatic carbocycles. The van der Waals surface area contributed by atoms with E-state index in [1.165, 1.54) is 0 Å². The van der Waals surface area contributed by atoms with Crippen molar-refractivity contribution in [3.8, 4) is 0 Å². The van der Waals surface area contributed by atoms with E-state index >= 15 is 0 Å². The van der Waals surface area contributed by atoms with E-state index in [2.05, 4.69) is 15.0 Å². The fourth-order valence-electron chi connectivity index (χ4n) is 2.74. The highest BCUT2D eigenvalue weighted by Crippen LogP contribution is 2.38. The molecule has 2 heterocycles. The third-order valence-corrected chi connectivity index (χ3v) is 3.84. The summed E-state index contributed by atoms with van der Waals surface area (Å²) < 4.78 is 5.24. The van der Waals surface area contributed by atoms with Crippen LogP contribution in [0.25, 0.3) is 0 Å². The molecule has 1 atom stereocenters. The van der Waals surface area contributed by atoms with Gasteiger partial charge in [-0.1, -0.05) is 5.16 Å². The monoisotopic (exact) mass is 265 g/mol. The fourth-order valence-corrected chi connectivity index (χ4v) is 2.74. The summed E-state index contributed by atoms with van der Waals surface area (Å²) in [5.74, 6) is 1.54. The number of likely N-dealkylation sites (tertiary alicyclic amines) is 1. The number of hydrogen-bond acceptors (Lipinski definition) is 5. The van der Waals surface area contributed by atoms with Gasteiger partial charge in [-0.3, -0.25) is 9.69 Å². The number of piperidine rings is 1. The average molecular weight is 265 g/mol. The second-order valence-electron chi connectivity index (χ2n) is 5.66. The van der Waals surface area contributed by atoms with Gasteiger partial charge in [-0.2, -0.15) is 4.98 Å². The van der Waals surface area contributed by atoms with Crippen LogP contribution in [-0.2, 0) is 11.3 Å². The van der Waals surface area contributed by atoms with Crippen molar-refractivity contribution in [1.29, 1.82) is 0 Å². The van der Waals surface area contributed by atoms with Crippen LogP contribution < -0.4 is 0 Å². The summed E-state index contributed by atoms with van der Waals surface area (Å²) in [6.45, 7) is 2.48. The van der Waals surface area contributed by atoms with Crippen LogP contribution in [0.4, 0.5) is 0 Å². The van der Waals surface area contributed by atoms with Crippen LogP contribution in [0, 0.1) is 5.92 Å². The summed E-state index contributed by atoms with van der Waals surface area (Å²) in [5, 5.41) is 12.9. The standard InChI is InChI=1S/C13H19N3O3/c17-12(18)6-9-2-1-5-16(7-9)8-11-14-13(19-15-11)10-3-4-10/h9-10H,1-8H2,(H,17,18). The van der Waals surface area contributed by atoms with Crippen LogP contribution in [0.3, 0.4) is 0 Å². The lowest BCUT2D eigenvalue weighted by atomic mass is 9.95. The third kappa shape index (κ3) is 3.32. The maximum Gasteiger partial charge on any atom is 0.303 e. The Morgan fingerprint density at radius 1 is 1.42 bits per heavy atom. The Morgan fingerprint density at radius 3 is 3.00 bits per heavy atom. The molecule has 2 fully saturated rings. The van der Waals surface area contributed by atoms with Gasteiger partial charge in [-0.05, 0) is 38.1 Å². The van der Waals surface area contributed by atoms with Gasteiger partial charge < -0.3 is 9.63 Å². The summed E-state index contributed by atoms with van der Waals surface area (Å²) in [6.07, 6.45) is 4.63. The normalized spacial score (nSPS) is 24.5. The predicted molar refractivity (Wildman–Crippen MR) is 66.5 cm³/mol. The van der Waals surface area contributed by atoms with Crippen LogP contribution in [0.1, 0.15) is 49.7 Å². The summed E-state index contributed by atoms with van der Waals surface area (Å²) in [7, 11) is 0. The van der Waals surface area contributed by atoms with Crippen LogP contribution in [-0.4, -0.2) is 39.2 Å². The first-order valence-electron chi connectivity index (χ1n) is 6.97. The topological polar surface area (TPSA) is 79.5 Å². The minimum atomic E-state index is -0.706. The molecule has 1 saturated heterocycles. The molecule has 0 spiro atoms. The second kappa shape index (κ2) is 5.28. The molecule has 1 unspecified atom stereocenters. The van der Waals surface area contributed by atoms with Crippen molar-refractivity contribution in [3.05, 3.63) is 11.7 Å². The van der Waals surface area contributed by atoms with Gasteiger partial charge in [0, 0.05) is 18.9 Å². The molecular weight excluding hydrogens is 246 g/mol. The van der Waals surface area contributed by atoms with Crippen LogP contribution in [0.5, 0.6) is 0 Å². The van der Waals surface area contributed by atoms with E-state index in [1.807, 2.05) is 0 Å². The average Bonchev–Trinajstić information content (AvgIpc) is 3.10. The summed E-state index contributed by atoms with van der Waals surface area (Å²) >= 11 is 0. The number of carboxylic acid groups (broad SMARTS) is 1. The molecule has 0 radical (unpaired) electrons. The molecule has 0 bridgehead atoms.